The Hall–Kier alpha value is -2.74. The lowest BCUT2D eigenvalue weighted by Crippen LogP contribution is -2.72. The maximum absolute atomic E-state index is 15.3. The van der Waals surface area contributed by atoms with Crippen molar-refractivity contribution in [1.29, 1.82) is 0 Å². The number of alkyl carbamates (subject to hydrolysis) is 1. The largest absolute Gasteiger partial charge is 0.462 e. The van der Waals surface area contributed by atoms with Gasteiger partial charge in [-0.25, -0.2) is 4.79 Å². The van der Waals surface area contributed by atoms with E-state index in [2.05, 4.69) is 11.9 Å². The van der Waals surface area contributed by atoms with Crippen LogP contribution in [0.4, 0.5) is 4.79 Å². The number of epoxide rings is 2. The van der Waals surface area contributed by atoms with Crippen molar-refractivity contribution in [3.63, 3.8) is 0 Å². The van der Waals surface area contributed by atoms with Gasteiger partial charge in [0.15, 0.2) is 11.9 Å². The van der Waals surface area contributed by atoms with Crippen LogP contribution < -0.4 is 5.32 Å². The van der Waals surface area contributed by atoms with Crippen LogP contribution in [-0.2, 0) is 42.8 Å². The molecular formula is C37H51NO12. The molecule has 5 aliphatic carbocycles. The van der Waals surface area contributed by atoms with Gasteiger partial charge in [0, 0.05) is 54.9 Å². The van der Waals surface area contributed by atoms with Crippen LogP contribution in [0.5, 0.6) is 0 Å². The van der Waals surface area contributed by atoms with Crippen LogP contribution in [0.1, 0.15) is 68.7 Å². The van der Waals surface area contributed by atoms with E-state index in [1.54, 1.807) is 13.8 Å². The molecule has 0 aromatic rings. The highest BCUT2D eigenvalue weighted by Gasteiger charge is 2.91. The van der Waals surface area contributed by atoms with E-state index in [0.29, 0.717) is 6.42 Å². The van der Waals surface area contributed by atoms with Crippen LogP contribution in [0.3, 0.4) is 0 Å². The molecule has 13 heteroatoms. The zero-order valence-electron chi connectivity index (χ0n) is 30.3. The molecule has 8 rings (SSSR count). The molecular weight excluding hydrogens is 650 g/mol. The highest BCUT2D eigenvalue weighted by atomic mass is 16.8. The first-order valence-corrected chi connectivity index (χ1v) is 18.2. The Balaban J connectivity index is 1.35. The highest BCUT2D eigenvalue weighted by Crippen LogP contribution is 2.81. The summed E-state index contributed by atoms with van der Waals surface area (Å²) in [6.45, 7) is 20.3. The normalized spacial score (nSPS) is 57.6. The number of carbonyl (C=O) groups excluding carboxylic acids is 4. The Morgan fingerprint density at radius 2 is 1.58 bits per heavy atom. The molecule has 1 unspecified atom stereocenters. The van der Waals surface area contributed by atoms with Crippen molar-refractivity contribution in [2.45, 2.75) is 123 Å². The van der Waals surface area contributed by atoms with Crippen LogP contribution in [0.2, 0.25) is 0 Å². The third-order valence-electron chi connectivity index (χ3n) is 15.5. The van der Waals surface area contributed by atoms with Crippen molar-refractivity contribution in [3.8, 4) is 0 Å². The number of esters is 2. The van der Waals surface area contributed by atoms with E-state index in [-0.39, 0.29) is 30.1 Å². The minimum absolute atomic E-state index is 0.148. The average molecular weight is 702 g/mol. The van der Waals surface area contributed by atoms with Crippen molar-refractivity contribution in [1.82, 2.24) is 5.32 Å². The molecule has 3 N–H and O–H groups in total. The zero-order valence-corrected chi connectivity index (χ0v) is 30.3. The first kappa shape index (κ1) is 34.4. The molecule has 0 bridgehead atoms. The fourth-order valence-electron chi connectivity index (χ4n) is 13.7. The van der Waals surface area contributed by atoms with Gasteiger partial charge in [-0.2, -0.15) is 0 Å². The standard InChI is InChI=1S/C37H51NO12/c1-11-38-32(43)48-27-18-12-19-28(47-19)31(46-17(6)40)33(18,7)21-13(2)29(45-16(5)39)34(8)22-14(3)30-37(50-30)35(9,36(10,44)15(4)49-37)24(22)26(42)23(34)20(21)25(27)41/h13-14,18-24,26-31,42,44H,4,11-12H2,1-3,5-10H3,(H,38,43)/t13-,14-,18+,19-,20+,21-,22-,23+,24-,26+,27?,28-,29-,30+,31-,33-,34+,35-,36+,37+/m0/s1. The van der Waals surface area contributed by atoms with Crippen molar-refractivity contribution in [3.05, 3.63) is 12.3 Å². The molecule has 0 aromatic carbocycles. The number of fused-ring (bicyclic) bond motifs is 9. The van der Waals surface area contributed by atoms with Crippen molar-refractivity contribution >= 4 is 23.8 Å². The second-order valence-electron chi connectivity index (χ2n) is 17.4. The van der Waals surface area contributed by atoms with Gasteiger partial charge >= 0.3 is 18.0 Å². The molecule has 3 saturated heterocycles. The van der Waals surface area contributed by atoms with Gasteiger partial charge in [0.25, 0.3) is 0 Å². The summed E-state index contributed by atoms with van der Waals surface area (Å²) in [4.78, 5) is 54.2. The summed E-state index contributed by atoms with van der Waals surface area (Å²) in [5, 5.41) is 27.8. The summed E-state index contributed by atoms with van der Waals surface area (Å²) in [6, 6.07) is 0. The predicted octanol–water partition coefficient (Wildman–Crippen LogP) is 2.50. The summed E-state index contributed by atoms with van der Waals surface area (Å²) in [7, 11) is 0. The number of Topliss-reactive ketones (excluding diaryl/α,β-unsaturated/α-hetero) is 1. The van der Waals surface area contributed by atoms with Crippen LogP contribution in [-0.4, -0.2) is 94.7 Å². The SMILES string of the molecule is C=C1O[C@@]23O[C@@H]2[C@@H](C)[C@H]2[C@@H]([C@H](O)[C@H]4[C@@H]5C(=O)C(OC(=O)NCC)[C@H]6C[C@@H]7O[C@@H]7[C@H](OC(C)=O)[C@]6(C)[C@H]5[C@H](C)[C@H](OC(C)=O)[C@@]42C)[C@@]3(C)[C@]1(C)O. The quantitative estimate of drug-likeness (QED) is 0.222. The minimum atomic E-state index is -1.61. The molecule has 1 amide bonds. The molecule has 3 heterocycles. The number of aliphatic hydroxyl groups is 2. The van der Waals surface area contributed by atoms with E-state index in [0.717, 1.165) is 0 Å². The van der Waals surface area contributed by atoms with Crippen molar-refractivity contribution < 1.29 is 57.8 Å². The number of aliphatic hydroxyl groups excluding tert-OH is 1. The molecule has 8 aliphatic rings. The van der Waals surface area contributed by atoms with Crippen LogP contribution in [0.15, 0.2) is 12.3 Å². The van der Waals surface area contributed by atoms with Crippen LogP contribution in [0, 0.1) is 63.6 Å². The third kappa shape index (κ3) is 3.73. The van der Waals surface area contributed by atoms with Gasteiger partial charge in [0.1, 0.15) is 35.8 Å². The van der Waals surface area contributed by atoms with Crippen molar-refractivity contribution in [2.75, 3.05) is 6.54 Å². The Labute approximate surface area is 292 Å². The molecule has 1 spiro atoms. The second-order valence-corrected chi connectivity index (χ2v) is 17.4. The molecule has 13 nitrogen and oxygen atoms in total. The fraction of sp³-hybridized carbons (Fsp3) is 0.838. The van der Waals surface area contributed by atoms with E-state index in [4.69, 9.17) is 28.4 Å². The molecule has 3 aliphatic heterocycles. The summed E-state index contributed by atoms with van der Waals surface area (Å²) in [6.07, 6.45) is -5.49. The van der Waals surface area contributed by atoms with Gasteiger partial charge in [0.2, 0.25) is 5.79 Å². The summed E-state index contributed by atoms with van der Waals surface area (Å²) < 4.78 is 37.2. The lowest BCUT2D eigenvalue weighted by atomic mass is 9.39. The molecule has 0 aromatic heterocycles. The van der Waals surface area contributed by atoms with Crippen molar-refractivity contribution in [2.24, 2.45) is 63.6 Å². The number of hydrogen-bond acceptors (Lipinski definition) is 12. The molecule has 50 heavy (non-hydrogen) atoms. The minimum Gasteiger partial charge on any atom is -0.462 e. The summed E-state index contributed by atoms with van der Waals surface area (Å²) in [5.41, 5.74) is -4.82. The zero-order chi connectivity index (χ0) is 36.4. The first-order valence-electron chi connectivity index (χ1n) is 18.2. The Bertz CT molecular complexity index is 1580. The molecule has 5 saturated carbocycles. The Morgan fingerprint density at radius 3 is 2.20 bits per heavy atom. The fourth-order valence-corrected chi connectivity index (χ4v) is 13.7. The topological polar surface area (TPSA) is 183 Å². The predicted molar refractivity (Wildman–Crippen MR) is 171 cm³/mol. The van der Waals surface area contributed by atoms with E-state index >= 15 is 4.79 Å². The lowest BCUT2D eigenvalue weighted by molar-refractivity contribution is -0.246. The van der Waals surface area contributed by atoms with Gasteiger partial charge in [-0.1, -0.05) is 34.3 Å². The third-order valence-corrected chi connectivity index (χ3v) is 15.5. The smallest absolute Gasteiger partial charge is 0.407 e. The van der Waals surface area contributed by atoms with Crippen LogP contribution in [0.25, 0.3) is 0 Å². The molecule has 8 fully saturated rings. The molecule has 0 radical (unpaired) electrons. The number of carbonyl (C=O) groups is 4. The van der Waals surface area contributed by atoms with Gasteiger partial charge in [0.05, 0.1) is 17.6 Å². The number of ketones is 1. The van der Waals surface area contributed by atoms with E-state index < -0.39 is 124 Å². The number of nitrogens with one attached hydrogen (secondary N) is 1. The van der Waals surface area contributed by atoms with Gasteiger partial charge in [-0.3, -0.25) is 14.4 Å². The monoisotopic (exact) mass is 701 g/mol. The van der Waals surface area contributed by atoms with Gasteiger partial charge in [-0.05, 0) is 50.9 Å². The van der Waals surface area contributed by atoms with Gasteiger partial charge < -0.3 is 44.0 Å². The first-order chi connectivity index (χ1) is 23.3. The second kappa shape index (κ2) is 10.2. The number of rotatable bonds is 4. The van der Waals surface area contributed by atoms with E-state index in [9.17, 15) is 24.6 Å². The number of ether oxygens (including phenoxy) is 6. The maximum atomic E-state index is 15.3. The maximum Gasteiger partial charge on any atom is 0.407 e. The Kier molecular flexibility index (Phi) is 7.03. The molecule has 20 atom stereocenters. The number of hydrogen-bond donors (Lipinski definition) is 3. The van der Waals surface area contributed by atoms with E-state index in [1.807, 2.05) is 34.6 Å². The average Bonchev–Trinajstić information content (AvgIpc) is 3.92. The Morgan fingerprint density at radius 1 is 0.940 bits per heavy atom. The van der Waals surface area contributed by atoms with Gasteiger partial charge in [-0.15, -0.1) is 0 Å². The number of amides is 1. The lowest BCUT2D eigenvalue weighted by Gasteiger charge is -2.65. The summed E-state index contributed by atoms with van der Waals surface area (Å²) in [5.74, 6) is -7.11. The molecule has 276 valence electrons. The van der Waals surface area contributed by atoms with E-state index in [1.165, 1.54) is 13.8 Å². The highest BCUT2D eigenvalue weighted by molar-refractivity contribution is 5.90. The van der Waals surface area contributed by atoms with Crippen LogP contribution >= 0.6 is 0 Å². The summed E-state index contributed by atoms with van der Waals surface area (Å²) >= 11 is 0.